The summed E-state index contributed by atoms with van der Waals surface area (Å²) < 4.78 is 18.6. The van der Waals surface area contributed by atoms with E-state index in [9.17, 15) is 0 Å². The third-order valence-corrected chi connectivity index (χ3v) is 2.80. The van der Waals surface area contributed by atoms with Crippen molar-refractivity contribution >= 4 is 0 Å². The highest BCUT2D eigenvalue weighted by Crippen LogP contribution is 2.15. The fourth-order valence-electron chi connectivity index (χ4n) is 1.91. The summed E-state index contributed by atoms with van der Waals surface area (Å²) in [6.45, 7) is 1.57. The first-order valence-electron chi connectivity index (χ1n) is 6.17. The topological polar surface area (TPSA) is 58.4 Å². The van der Waals surface area contributed by atoms with Gasteiger partial charge in [-0.2, -0.15) is 5.10 Å². The Balaban J connectivity index is 1.44. The lowest BCUT2D eigenvalue weighted by Crippen LogP contribution is -2.22. The molecule has 1 aromatic carbocycles. The normalized spacial score (nSPS) is 22.5. The number of aromatic nitrogens is 3. The van der Waals surface area contributed by atoms with Gasteiger partial charge in [-0.25, -0.2) is 4.98 Å². The standard InChI is InChI=1S/C13H15N3O3/c1-2-4-11(5-3-1)17-8-13-18-7-12(19-13)6-16-10-14-9-15-16/h1-5,9-10,12-13H,6-8H2. The van der Waals surface area contributed by atoms with Crippen molar-refractivity contribution in [3.63, 3.8) is 0 Å². The van der Waals surface area contributed by atoms with Gasteiger partial charge < -0.3 is 14.2 Å². The molecule has 0 amide bonds. The fraction of sp³-hybridized carbons (Fsp3) is 0.385. The van der Waals surface area contributed by atoms with Crippen LogP contribution in [0.15, 0.2) is 43.0 Å². The second kappa shape index (κ2) is 5.81. The monoisotopic (exact) mass is 261 g/mol. The van der Waals surface area contributed by atoms with Crippen LogP contribution in [0.2, 0.25) is 0 Å². The molecule has 6 nitrogen and oxygen atoms in total. The van der Waals surface area contributed by atoms with Crippen LogP contribution < -0.4 is 4.74 Å². The summed E-state index contributed by atoms with van der Waals surface area (Å²) in [5.41, 5.74) is 0. The third kappa shape index (κ3) is 3.30. The second-order valence-electron chi connectivity index (χ2n) is 4.26. The summed E-state index contributed by atoms with van der Waals surface area (Å²) in [4.78, 5) is 3.89. The Hall–Kier alpha value is -1.92. The van der Waals surface area contributed by atoms with Crippen LogP contribution >= 0.6 is 0 Å². The number of ether oxygens (including phenoxy) is 3. The highest BCUT2D eigenvalue weighted by atomic mass is 16.7. The summed E-state index contributed by atoms with van der Waals surface area (Å²) in [5, 5.41) is 4.04. The van der Waals surface area contributed by atoms with Crippen LogP contribution in [0.1, 0.15) is 0 Å². The van der Waals surface area contributed by atoms with Gasteiger partial charge in [-0.1, -0.05) is 18.2 Å². The van der Waals surface area contributed by atoms with E-state index in [0.29, 0.717) is 19.8 Å². The van der Waals surface area contributed by atoms with E-state index < -0.39 is 0 Å². The maximum absolute atomic E-state index is 5.72. The predicted molar refractivity (Wildman–Crippen MR) is 66.6 cm³/mol. The van der Waals surface area contributed by atoms with E-state index in [4.69, 9.17) is 14.2 Å². The Morgan fingerprint density at radius 3 is 3.00 bits per heavy atom. The molecule has 1 aliphatic rings. The van der Waals surface area contributed by atoms with E-state index in [1.54, 1.807) is 11.0 Å². The molecule has 0 bridgehead atoms. The van der Waals surface area contributed by atoms with Gasteiger partial charge in [0.25, 0.3) is 0 Å². The van der Waals surface area contributed by atoms with Crippen molar-refractivity contribution in [2.24, 2.45) is 0 Å². The maximum atomic E-state index is 5.72. The summed E-state index contributed by atoms with van der Waals surface area (Å²) in [5.74, 6) is 0.814. The van der Waals surface area contributed by atoms with Gasteiger partial charge in [0, 0.05) is 0 Å². The molecule has 0 aliphatic carbocycles. The van der Waals surface area contributed by atoms with Crippen molar-refractivity contribution < 1.29 is 14.2 Å². The predicted octanol–water partition coefficient (Wildman–Crippen LogP) is 1.10. The Labute approximate surface area is 110 Å². The molecule has 1 fully saturated rings. The largest absolute Gasteiger partial charge is 0.488 e. The van der Waals surface area contributed by atoms with Crippen molar-refractivity contribution in [3.05, 3.63) is 43.0 Å². The molecule has 100 valence electrons. The SMILES string of the molecule is c1ccc(OCC2OCC(Cn3cncn3)O2)cc1. The molecule has 1 aliphatic heterocycles. The summed E-state index contributed by atoms with van der Waals surface area (Å²) >= 11 is 0. The Morgan fingerprint density at radius 2 is 2.21 bits per heavy atom. The van der Waals surface area contributed by atoms with E-state index in [1.807, 2.05) is 30.3 Å². The number of hydrogen-bond acceptors (Lipinski definition) is 5. The zero-order valence-electron chi connectivity index (χ0n) is 10.4. The minimum Gasteiger partial charge on any atom is -0.488 e. The number of hydrogen-bond donors (Lipinski definition) is 0. The third-order valence-electron chi connectivity index (χ3n) is 2.80. The molecule has 0 spiro atoms. The average molecular weight is 261 g/mol. The quantitative estimate of drug-likeness (QED) is 0.806. The molecule has 0 N–H and O–H groups in total. The van der Waals surface area contributed by atoms with Crippen molar-refractivity contribution in [1.29, 1.82) is 0 Å². The van der Waals surface area contributed by atoms with E-state index in [2.05, 4.69) is 10.1 Å². The molecule has 1 saturated heterocycles. The number of rotatable bonds is 5. The first kappa shape index (κ1) is 12.1. The van der Waals surface area contributed by atoms with Crippen LogP contribution in [0.5, 0.6) is 5.75 Å². The molecule has 1 aromatic heterocycles. The lowest BCUT2D eigenvalue weighted by molar-refractivity contribution is -0.0837. The van der Waals surface area contributed by atoms with Crippen molar-refractivity contribution in [1.82, 2.24) is 14.8 Å². The molecule has 2 atom stereocenters. The number of para-hydroxylation sites is 1. The van der Waals surface area contributed by atoms with Crippen molar-refractivity contribution in [2.45, 2.75) is 18.9 Å². The smallest absolute Gasteiger partial charge is 0.192 e. The first-order valence-corrected chi connectivity index (χ1v) is 6.17. The van der Waals surface area contributed by atoms with Crippen LogP contribution in [0.4, 0.5) is 0 Å². The van der Waals surface area contributed by atoms with Crippen LogP contribution in [-0.2, 0) is 16.0 Å². The van der Waals surface area contributed by atoms with Gasteiger partial charge in [0.2, 0.25) is 0 Å². The molecule has 2 aromatic rings. The van der Waals surface area contributed by atoms with Gasteiger partial charge in [0.05, 0.1) is 13.2 Å². The van der Waals surface area contributed by atoms with E-state index >= 15 is 0 Å². The Morgan fingerprint density at radius 1 is 1.32 bits per heavy atom. The fourth-order valence-corrected chi connectivity index (χ4v) is 1.91. The molecule has 3 rings (SSSR count). The molecular formula is C13H15N3O3. The molecule has 2 heterocycles. The molecule has 2 unspecified atom stereocenters. The lowest BCUT2D eigenvalue weighted by Gasteiger charge is -2.12. The number of benzene rings is 1. The van der Waals surface area contributed by atoms with Crippen LogP contribution in [0.3, 0.4) is 0 Å². The lowest BCUT2D eigenvalue weighted by atomic mass is 10.3. The van der Waals surface area contributed by atoms with Gasteiger partial charge in [-0.3, -0.25) is 4.68 Å². The summed E-state index contributed by atoms with van der Waals surface area (Å²) in [7, 11) is 0. The van der Waals surface area contributed by atoms with Gasteiger partial charge >= 0.3 is 0 Å². The highest BCUT2D eigenvalue weighted by molar-refractivity contribution is 5.20. The minimum absolute atomic E-state index is 0.00827. The van der Waals surface area contributed by atoms with Crippen LogP contribution in [0.25, 0.3) is 0 Å². The minimum atomic E-state index is -0.325. The van der Waals surface area contributed by atoms with Crippen molar-refractivity contribution in [3.8, 4) is 5.75 Å². The van der Waals surface area contributed by atoms with Gasteiger partial charge in [0.15, 0.2) is 6.29 Å². The Kier molecular flexibility index (Phi) is 3.71. The first-order chi connectivity index (χ1) is 9.40. The Bertz CT molecular complexity index is 489. The highest BCUT2D eigenvalue weighted by Gasteiger charge is 2.26. The van der Waals surface area contributed by atoms with Gasteiger partial charge in [0.1, 0.15) is 31.1 Å². The van der Waals surface area contributed by atoms with Gasteiger partial charge in [-0.05, 0) is 12.1 Å². The molecule has 0 saturated carbocycles. The van der Waals surface area contributed by atoms with Gasteiger partial charge in [-0.15, -0.1) is 0 Å². The molecular weight excluding hydrogens is 246 g/mol. The van der Waals surface area contributed by atoms with E-state index in [-0.39, 0.29) is 12.4 Å². The molecule has 0 radical (unpaired) electrons. The van der Waals surface area contributed by atoms with Crippen molar-refractivity contribution in [2.75, 3.05) is 13.2 Å². The van der Waals surface area contributed by atoms with E-state index in [0.717, 1.165) is 5.75 Å². The second-order valence-corrected chi connectivity index (χ2v) is 4.26. The summed E-state index contributed by atoms with van der Waals surface area (Å²) in [6.07, 6.45) is 2.84. The maximum Gasteiger partial charge on any atom is 0.192 e. The average Bonchev–Trinajstić information content (AvgIpc) is 3.10. The molecule has 19 heavy (non-hydrogen) atoms. The number of nitrogens with zero attached hydrogens (tertiary/aromatic N) is 3. The summed E-state index contributed by atoms with van der Waals surface area (Å²) in [6, 6.07) is 9.62. The molecule has 6 heteroatoms. The van der Waals surface area contributed by atoms with Crippen LogP contribution in [-0.4, -0.2) is 40.4 Å². The zero-order valence-corrected chi connectivity index (χ0v) is 10.4. The zero-order chi connectivity index (χ0) is 12.9. The van der Waals surface area contributed by atoms with Crippen LogP contribution in [0, 0.1) is 0 Å². The van der Waals surface area contributed by atoms with E-state index in [1.165, 1.54) is 6.33 Å².